The molecule has 0 spiro atoms. The predicted octanol–water partition coefficient (Wildman–Crippen LogP) is 4.64. The zero-order valence-corrected chi connectivity index (χ0v) is 17.9. The van der Waals surface area contributed by atoms with Crippen molar-refractivity contribution in [1.29, 1.82) is 0 Å². The fourth-order valence-electron chi connectivity index (χ4n) is 2.96. The summed E-state index contributed by atoms with van der Waals surface area (Å²) in [6.07, 6.45) is 1.69. The zero-order valence-electron chi connectivity index (χ0n) is 17.1. The van der Waals surface area contributed by atoms with Crippen molar-refractivity contribution in [2.75, 3.05) is 11.5 Å². The van der Waals surface area contributed by atoms with Gasteiger partial charge in [0, 0.05) is 0 Å². The number of aliphatic imine (C=N–C) groups is 1. The van der Waals surface area contributed by atoms with Gasteiger partial charge in [0.05, 0.1) is 16.3 Å². The number of thioether (sulfide) groups is 1. The monoisotopic (exact) mass is 465 g/mol. The van der Waals surface area contributed by atoms with Crippen molar-refractivity contribution >= 4 is 46.2 Å². The van der Waals surface area contributed by atoms with E-state index < -0.39 is 17.5 Å². The molecule has 6 nitrogen and oxygen atoms in total. The van der Waals surface area contributed by atoms with Crippen LogP contribution in [0.5, 0.6) is 5.75 Å². The lowest BCUT2D eigenvalue weighted by Crippen LogP contribution is -2.28. The Kier molecular flexibility index (Phi) is 6.50. The first kappa shape index (κ1) is 22.2. The quantitative estimate of drug-likeness (QED) is 0.538. The Balaban J connectivity index is 1.65. The summed E-state index contributed by atoms with van der Waals surface area (Å²) in [6.45, 7) is -0.232. The molecule has 1 saturated heterocycles. The molecule has 3 aromatic rings. The Hall–Kier alpha value is -3.98. The number of anilines is 1. The van der Waals surface area contributed by atoms with Crippen molar-refractivity contribution in [3.8, 4) is 5.75 Å². The van der Waals surface area contributed by atoms with Gasteiger partial charge in [0.2, 0.25) is 0 Å². The molecule has 0 aromatic heterocycles. The van der Waals surface area contributed by atoms with Crippen LogP contribution < -0.4 is 15.4 Å². The van der Waals surface area contributed by atoms with Crippen molar-refractivity contribution in [2.24, 2.45) is 10.7 Å². The fourth-order valence-corrected chi connectivity index (χ4v) is 3.96. The summed E-state index contributed by atoms with van der Waals surface area (Å²) in [5.41, 5.74) is 6.71. The average Bonchev–Trinajstić information content (AvgIpc) is 3.10. The summed E-state index contributed by atoms with van der Waals surface area (Å²) in [5.74, 6) is -1.27. The maximum Gasteiger partial charge on any atom is 0.271 e. The molecule has 1 aliphatic rings. The number of primary amides is 1. The number of amidine groups is 1. The lowest BCUT2D eigenvalue weighted by Gasteiger charge is -2.15. The molecule has 0 saturated carbocycles. The van der Waals surface area contributed by atoms with Gasteiger partial charge < -0.3 is 10.5 Å². The Labute approximate surface area is 192 Å². The van der Waals surface area contributed by atoms with E-state index in [2.05, 4.69) is 4.99 Å². The third-order valence-corrected chi connectivity index (χ3v) is 5.47. The van der Waals surface area contributed by atoms with Crippen LogP contribution >= 0.6 is 11.8 Å². The van der Waals surface area contributed by atoms with Crippen LogP contribution in [0.2, 0.25) is 0 Å². The number of amides is 2. The van der Waals surface area contributed by atoms with Gasteiger partial charge in [-0.2, -0.15) is 0 Å². The Morgan fingerprint density at radius 1 is 0.970 bits per heavy atom. The van der Waals surface area contributed by atoms with Crippen molar-refractivity contribution in [3.63, 3.8) is 0 Å². The molecule has 9 heteroatoms. The van der Waals surface area contributed by atoms with Crippen LogP contribution in [0.1, 0.15) is 5.56 Å². The first-order valence-corrected chi connectivity index (χ1v) is 10.6. The Morgan fingerprint density at radius 2 is 1.58 bits per heavy atom. The summed E-state index contributed by atoms with van der Waals surface area (Å²) in [5, 5.41) is 0.353. The molecule has 2 N–H and O–H groups in total. The van der Waals surface area contributed by atoms with Crippen LogP contribution in [0.15, 0.2) is 82.7 Å². The number of halogens is 2. The highest BCUT2D eigenvalue weighted by molar-refractivity contribution is 8.19. The lowest BCUT2D eigenvalue weighted by molar-refractivity contribution is -0.120. The van der Waals surface area contributed by atoms with Crippen LogP contribution in [0.4, 0.5) is 20.2 Å². The second-order valence-electron chi connectivity index (χ2n) is 6.92. The molecule has 4 rings (SSSR count). The first-order valence-electron chi connectivity index (χ1n) is 9.74. The van der Waals surface area contributed by atoms with Crippen LogP contribution in [0.3, 0.4) is 0 Å². The molecule has 2 amide bonds. The molecule has 1 heterocycles. The van der Waals surface area contributed by atoms with E-state index in [4.69, 9.17) is 10.5 Å². The molecular formula is C24H17F2N3O3S. The number of hydrogen-bond donors (Lipinski definition) is 1. The minimum Gasteiger partial charge on any atom is -0.484 e. The van der Waals surface area contributed by atoms with Gasteiger partial charge in [-0.15, -0.1) is 0 Å². The molecular weight excluding hydrogens is 448 g/mol. The van der Waals surface area contributed by atoms with Gasteiger partial charge in [-0.1, -0.05) is 12.1 Å². The van der Waals surface area contributed by atoms with E-state index in [1.54, 1.807) is 30.3 Å². The van der Waals surface area contributed by atoms with Crippen molar-refractivity contribution < 1.29 is 23.1 Å². The molecule has 0 atom stereocenters. The Morgan fingerprint density at radius 3 is 2.18 bits per heavy atom. The van der Waals surface area contributed by atoms with Gasteiger partial charge in [-0.25, -0.2) is 13.8 Å². The minimum absolute atomic E-state index is 0.232. The third kappa shape index (κ3) is 5.45. The van der Waals surface area contributed by atoms with E-state index in [0.29, 0.717) is 27.2 Å². The molecule has 0 unspecified atom stereocenters. The number of carbonyl (C=O) groups is 2. The van der Waals surface area contributed by atoms with E-state index in [1.165, 1.54) is 53.4 Å². The van der Waals surface area contributed by atoms with Crippen LogP contribution in [0.25, 0.3) is 6.08 Å². The smallest absolute Gasteiger partial charge is 0.271 e. The summed E-state index contributed by atoms with van der Waals surface area (Å²) in [4.78, 5) is 30.3. The first-order chi connectivity index (χ1) is 15.9. The van der Waals surface area contributed by atoms with E-state index in [1.807, 2.05) is 0 Å². The lowest BCUT2D eigenvalue weighted by atomic mass is 10.2. The van der Waals surface area contributed by atoms with Crippen LogP contribution in [-0.2, 0) is 9.59 Å². The molecule has 1 fully saturated rings. The largest absolute Gasteiger partial charge is 0.484 e. The third-order valence-electron chi connectivity index (χ3n) is 4.50. The fraction of sp³-hybridized carbons (Fsp3) is 0.0417. The van der Waals surface area contributed by atoms with Gasteiger partial charge in [0.15, 0.2) is 11.8 Å². The highest BCUT2D eigenvalue weighted by Crippen LogP contribution is 2.37. The van der Waals surface area contributed by atoms with Crippen molar-refractivity contribution in [1.82, 2.24) is 0 Å². The molecule has 33 heavy (non-hydrogen) atoms. The predicted molar refractivity (Wildman–Crippen MR) is 124 cm³/mol. The molecule has 3 aromatic carbocycles. The second-order valence-corrected chi connectivity index (χ2v) is 7.93. The van der Waals surface area contributed by atoms with Crippen molar-refractivity contribution in [2.45, 2.75) is 0 Å². The maximum atomic E-state index is 13.4. The number of hydrogen-bond acceptors (Lipinski definition) is 5. The standard InChI is InChI=1S/C24H17F2N3O3S/c25-16-3-7-18(8-4-16)28-24-29(19-9-5-17(26)6-10-19)23(31)21(33-24)13-15-1-11-20(12-2-15)32-14-22(27)30/h1-13H,14H2,(H2,27,30)/b21-13-,28-24?. The number of rotatable bonds is 6. The molecule has 0 bridgehead atoms. The number of benzene rings is 3. The molecule has 1 aliphatic heterocycles. The highest BCUT2D eigenvalue weighted by atomic mass is 32.2. The zero-order chi connectivity index (χ0) is 23.4. The van der Waals surface area contributed by atoms with E-state index in [0.717, 1.165) is 17.3 Å². The molecule has 0 radical (unpaired) electrons. The normalized spacial score (nSPS) is 15.9. The van der Waals surface area contributed by atoms with Gasteiger partial charge in [-0.3, -0.25) is 14.5 Å². The maximum absolute atomic E-state index is 13.4. The average molecular weight is 465 g/mol. The minimum atomic E-state index is -0.581. The highest BCUT2D eigenvalue weighted by Gasteiger charge is 2.34. The summed E-state index contributed by atoms with van der Waals surface area (Å²) < 4.78 is 31.9. The SMILES string of the molecule is NC(=O)COc1ccc(/C=C2\SC(=Nc3ccc(F)cc3)N(c3ccc(F)cc3)C2=O)cc1. The van der Waals surface area contributed by atoms with Gasteiger partial charge in [0.1, 0.15) is 17.4 Å². The van der Waals surface area contributed by atoms with Crippen molar-refractivity contribution in [3.05, 3.63) is 94.9 Å². The number of nitrogens with zero attached hydrogens (tertiary/aromatic N) is 2. The number of nitrogens with two attached hydrogens (primary N) is 1. The molecule has 0 aliphatic carbocycles. The Bertz CT molecular complexity index is 1240. The van der Waals surface area contributed by atoms with Crippen LogP contribution in [0, 0.1) is 11.6 Å². The number of ether oxygens (including phenoxy) is 1. The van der Waals surface area contributed by atoms with E-state index in [9.17, 15) is 18.4 Å². The topological polar surface area (TPSA) is 85.0 Å². The molecule has 166 valence electrons. The van der Waals surface area contributed by atoms with E-state index >= 15 is 0 Å². The van der Waals surface area contributed by atoms with Gasteiger partial charge in [0.25, 0.3) is 11.8 Å². The van der Waals surface area contributed by atoms with E-state index in [-0.39, 0.29) is 12.5 Å². The number of carbonyl (C=O) groups excluding carboxylic acids is 2. The summed E-state index contributed by atoms with van der Waals surface area (Å²) in [6, 6.07) is 17.8. The summed E-state index contributed by atoms with van der Waals surface area (Å²) >= 11 is 1.15. The summed E-state index contributed by atoms with van der Waals surface area (Å²) in [7, 11) is 0. The van der Waals surface area contributed by atoms with Crippen LogP contribution in [-0.4, -0.2) is 23.6 Å². The van der Waals surface area contributed by atoms with Gasteiger partial charge in [-0.05, 0) is 84.1 Å². The van der Waals surface area contributed by atoms with Gasteiger partial charge >= 0.3 is 0 Å². The second kappa shape index (κ2) is 9.66.